The molecule has 0 aliphatic heterocycles. The molecule has 3 amide bonds. The highest BCUT2D eigenvalue weighted by molar-refractivity contribution is 5.98. The number of hydrazone groups is 2. The van der Waals surface area contributed by atoms with E-state index in [9.17, 15) is 19.5 Å². The smallest absolute Gasteiger partial charge is 0.274 e. The number of aliphatic hydroxyl groups is 1. The molecule has 0 fully saturated rings. The van der Waals surface area contributed by atoms with Crippen molar-refractivity contribution in [2.45, 2.75) is 89.4 Å². The highest BCUT2D eigenvalue weighted by Gasteiger charge is 2.11. The van der Waals surface area contributed by atoms with Crippen molar-refractivity contribution in [3.05, 3.63) is 124 Å². The maximum Gasteiger partial charge on any atom is 0.274 e. The van der Waals surface area contributed by atoms with Gasteiger partial charge in [0.2, 0.25) is 0 Å². The molecule has 0 saturated heterocycles. The number of benzene rings is 3. The average molecular weight is 783 g/mol. The Morgan fingerprint density at radius 1 is 0.702 bits per heavy atom. The van der Waals surface area contributed by atoms with Crippen LogP contribution >= 0.6 is 0 Å². The van der Waals surface area contributed by atoms with Crippen molar-refractivity contribution in [1.82, 2.24) is 21.8 Å². The Morgan fingerprint density at radius 3 is 1.88 bits per heavy atom. The zero-order valence-electron chi connectivity index (χ0n) is 32.1. The summed E-state index contributed by atoms with van der Waals surface area (Å²) in [4.78, 5) is 35.2. The molecule has 0 saturated carbocycles. The van der Waals surface area contributed by atoms with Crippen LogP contribution in [0.1, 0.15) is 125 Å². The van der Waals surface area contributed by atoms with Crippen LogP contribution in [0.3, 0.4) is 0 Å². The minimum atomic E-state index is -1.06. The number of carbonyl (C=O) groups is 3. The largest absolute Gasteiger partial charge is 0.494 e. The fraction of sp³-hybridized carbons (Fsp3) is 0.372. The molecule has 57 heavy (non-hydrogen) atoms. The van der Waals surface area contributed by atoms with Crippen LogP contribution in [-0.4, -0.2) is 65.0 Å². The van der Waals surface area contributed by atoms with E-state index in [2.05, 4.69) is 21.1 Å². The lowest BCUT2D eigenvalue weighted by atomic mass is 10.1. The lowest BCUT2D eigenvalue weighted by Crippen LogP contribution is -2.20. The number of allylic oxidation sites excluding steroid dienone is 2. The van der Waals surface area contributed by atoms with Gasteiger partial charge >= 0.3 is 0 Å². The van der Waals surface area contributed by atoms with Gasteiger partial charge in [0, 0.05) is 28.9 Å². The van der Waals surface area contributed by atoms with E-state index in [1.54, 1.807) is 35.5 Å². The van der Waals surface area contributed by atoms with Crippen LogP contribution in [0.15, 0.2) is 107 Å². The number of hydrogen-bond donors (Lipinski definition) is 7. The number of ether oxygens (including phenoxy) is 2. The molecule has 2 unspecified atom stereocenters. The standard InChI is InChI=1S/C43H54N6O8/c50-40(34-18-22-36(23-19-34)42(52)48-54)46-44-30-32-14-12-16-38(28-32)56-26-10-8-6-4-2-1-3-5-7-9-11-27-57-39-17-13-15-33(29-39)31-45-47-41(51)35-20-24-37(25-21-35)43(53)49-55/h12-16,18-25,28-31,39-40,46,50,54-55H,1-11,17,26-27H2,(H,47,51)(H,48,52)(H,49,53)/b44-30+,45-31+. The third kappa shape index (κ3) is 16.5. The zero-order chi connectivity index (χ0) is 40.5. The Hall–Kier alpha value is -5.67. The van der Waals surface area contributed by atoms with Crippen LogP contribution in [0.25, 0.3) is 0 Å². The van der Waals surface area contributed by atoms with Gasteiger partial charge in [0.15, 0.2) is 6.23 Å². The van der Waals surface area contributed by atoms with Gasteiger partial charge in [-0.15, -0.1) is 0 Å². The van der Waals surface area contributed by atoms with Crippen molar-refractivity contribution in [3.63, 3.8) is 0 Å². The molecule has 0 spiro atoms. The van der Waals surface area contributed by atoms with Crippen molar-refractivity contribution in [1.29, 1.82) is 0 Å². The molecule has 0 heterocycles. The Balaban J connectivity index is 0.955. The number of unbranched alkanes of at least 4 members (excludes halogenated alkanes) is 10. The normalized spacial score (nSPS) is 14.3. The van der Waals surface area contributed by atoms with Gasteiger partial charge in [0.05, 0.1) is 25.1 Å². The number of aliphatic hydroxyl groups excluding tert-OH is 1. The van der Waals surface area contributed by atoms with Crippen LogP contribution in [0.2, 0.25) is 0 Å². The van der Waals surface area contributed by atoms with Gasteiger partial charge in [-0.25, -0.2) is 16.4 Å². The van der Waals surface area contributed by atoms with E-state index < -0.39 is 23.9 Å². The molecule has 0 bridgehead atoms. The molecule has 3 aromatic rings. The van der Waals surface area contributed by atoms with E-state index in [1.807, 2.05) is 42.5 Å². The summed E-state index contributed by atoms with van der Waals surface area (Å²) in [5.41, 5.74) is 11.3. The third-order valence-corrected chi connectivity index (χ3v) is 9.20. The number of amides is 3. The first-order chi connectivity index (χ1) is 27.9. The van der Waals surface area contributed by atoms with Crippen LogP contribution in [-0.2, 0) is 4.74 Å². The minimum absolute atomic E-state index is 0.0179. The van der Waals surface area contributed by atoms with E-state index in [1.165, 1.54) is 81.3 Å². The van der Waals surface area contributed by atoms with Crippen LogP contribution in [0.4, 0.5) is 0 Å². The van der Waals surface area contributed by atoms with Gasteiger partial charge in [-0.05, 0) is 85.0 Å². The molecule has 3 aromatic carbocycles. The van der Waals surface area contributed by atoms with E-state index >= 15 is 0 Å². The molecule has 4 rings (SSSR count). The predicted octanol–water partition coefficient (Wildman–Crippen LogP) is 6.90. The van der Waals surface area contributed by atoms with Gasteiger partial charge in [-0.2, -0.15) is 10.2 Å². The quantitative estimate of drug-likeness (QED) is 0.0157. The van der Waals surface area contributed by atoms with Crippen LogP contribution in [0.5, 0.6) is 5.75 Å². The van der Waals surface area contributed by atoms with Crippen LogP contribution < -0.4 is 26.5 Å². The SMILES string of the molecule is O=C(NO)c1ccc(C(=O)N/N=C/C2=CC(OCCCCCCCCCCCCCOc3cccc(/C=N/NC(O)c4ccc(C(=O)NO)cc4)c3)CC=C2)cc1. The summed E-state index contributed by atoms with van der Waals surface area (Å²) >= 11 is 0. The molecule has 7 N–H and O–H groups in total. The Kier molecular flexibility index (Phi) is 19.7. The predicted molar refractivity (Wildman–Crippen MR) is 217 cm³/mol. The fourth-order valence-corrected chi connectivity index (χ4v) is 5.99. The summed E-state index contributed by atoms with van der Waals surface area (Å²) in [7, 11) is 0. The minimum Gasteiger partial charge on any atom is -0.494 e. The lowest BCUT2D eigenvalue weighted by Gasteiger charge is -2.16. The second-order valence-electron chi connectivity index (χ2n) is 13.6. The van der Waals surface area contributed by atoms with Gasteiger partial charge < -0.3 is 14.6 Å². The first kappa shape index (κ1) is 44.0. The fourth-order valence-electron chi connectivity index (χ4n) is 5.99. The number of hydrogen-bond acceptors (Lipinski definition) is 11. The molecule has 2 atom stereocenters. The summed E-state index contributed by atoms with van der Waals surface area (Å²) in [5, 5.41) is 35.9. The van der Waals surface area contributed by atoms with Crippen molar-refractivity contribution in [3.8, 4) is 5.75 Å². The first-order valence-electron chi connectivity index (χ1n) is 19.5. The third-order valence-electron chi connectivity index (χ3n) is 9.20. The summed E-state index contributed by atoms with van der Waals surface area (Å²) < 4.78 is 12.0. The monoisotopic (exact) mass is 782 g/mol. The zero-order valence-corrected chi connectivity index (χ0v) is 32.1. The second-order valence-corrected chi connectivity index (χ2v) is 13.6. The second kappa shape index (κ2) is 25.5. The number of hydroxylamine groups is 2. The van der Waals surface area contributed by atoms with Crippen molar-refractivity contribution < 1.29 is 39.4 Å². The van der Waals surface area contributed by atoms with Gasteiger partial charge in [0.25, 0.3) is 17.7 Å². The molecule has 0 aromatic heterocycles. The van der Waals surface area contributed by atoms with Crippen molar-refractivity contribution in [2.75, 3.05) is 13.2 Å². The maximum atomic E-state index is 12.3. The van der Waals surface area contributed by atoms with E-state index in [4.69, 9.17) is 19.9 Å². The molecule has 14 nitrogen and oxygen atoms in total. The molecule has 14 heteroatoms. The number of nitrogens with zero attached hydrogens (tertiary/aromatic N) is 2. The topological polar surface area (TPSA) is 203 Å². The number of carbonyl (C=O) groups excluding carboxylic acids is 3. The van der Waals surface area contributed by atoms with Crippen molar-refractivity contribution in [2.24, 2.45) is 10.2 Å². The Labute approximate surface area is 333 Å². The summed E-state index contributed by atoms with van der Waals surface area (Å²) in [6.45, 7) is 1.37. The average Bonchev–Trinajstić information content (AvgIpc) is 3.24. The molecule has 0 radical (unpaired) electrons. The Morgan fingerprint density at radius 2 is 1.26 bits per heavy atom. The van der Waals surface area contributed by atoms with Crippen molar-refractivity contribution >= 4 is 30.2 Å². The van der Waals surface area contributed by atoms with E-state index in [0.717, 1.165) is 49.0 Å². The van der Waals surface area contributed by atoms with E-state index in [0.29, 0.717) is 24.3 Å². The molecule has 1 aliphatic carbocycles. The summed E-state index contributed by atoms with van der Waals surface area (Å²) in [5.74, 6) is -0.914. The molecular weight excluding hydrogens is 729 g/mol. The van der Waals surface area contributed by atoms with Gasteiger partial charge in [-0.3, -0.25) is 30.2 Å². The summed E-state index contributed by atoms with van der Waals surface area (Å²) in [6, 6.07) is 19.6. The highest BCUT2D eigenvalue weighted by atomic mass is 16.5. The molecule has 304 valence electrons. The number of nitrogens with one attached hydrogen (secondary N) is 4. The first-order valence-corrected chi connectivity index (χ1v) is 19.5. The van der Waals surface area contributed by atoms with E-state index in [-0.39, 0.29) is 17.2 Å². The molecule has 1 aliphatic rings. The van der Waals surface area contributed by atoms with Gasteiger partial charge in [-0.1, -0.05) is 94.2 Å². The van der Waals surface area contributed by atoms with Crippen LogP contribution in [0, 0.1) is 0 Å². The number of rotatable bonds is 25. The Bertz CT molecular complexity index is 1810. The maximum absolute atomic E-state index is 12.3. The lowest BCUT2D eigenvalue weighted by molar-refractivity contribution is 0.0702. The summed E-state index contributed by atoms with van der Waals surface area (Å²) in [6.07, 6.45) is 21.9. The highest BCUT2D eigenvalue weighted by Crippen LogP contribution is 2.17. The molecular formula is C43H54N6O8. The van der Waals surface area contributed by atoms with Gasteiger partial charge in [0.1, 0.15) is 5.75 Å².